The van der Waals surface area contributed by atoms with Crippen LogP contribution in [0.25, 0.3) is 0 Å². The molecule has 138 valence electrons. The summed E-state index contributed by atoms with van der Waals surface area (Å²) >= 11 is 0. The maximum Gasteiger partial charge on any atom is 0.191 e. The van der Waals surface area contributed by atoms with Gasteiger partial charge < -0.3 is 24.5 Å². The summed E-state index contributed by atoms with van der Waals surface area (Å²) in [5.74, 6) is 2.34. The number of furan rings is 1. The molecule has 0 saturated carbocycles. The number of hydrogen-bond donors (Lipinski definition) is 2. The molecule has 2 heterocycles. The van der Waals surface area contributed by atoms with Crippen molar-refractivity contribution in [3.05, 3.63) is 24.2 Å². The Kier molecular flexibility index (Phi) is 9.68. The van der Waals surface area contributed by atoms with Gasteiger partial charge >= 0.3 is 0 Å². The van der Waals surface area contributed by atoms with Crippen LogP contribution in [-0.2, 0) is 15.9 Å². The molecule has 1 atom stereocenters. The summed E-state index contributed by atoms with van der Waals surface area (Å²) in [4.78, 5) is 4.64. The maximum absolute atomic E-state index is 5.43. The second-order valence-electron chi connectivity index (χ2n) is 6.50. The maximum atomic E-state index is 5.43. The Morgan fingerprint density at radius 2 is 2.25 bits per heavy atom. The molecular formula is C17H30IN3O3. The van der Waals surface area contributed by atoms with Gasteiger partial charge in [-0.2, -0.15) is 0 Å². The van der Waals surface area contributed by atoms with Crippen LogP contribution >= 0.6 is 24.0 Å². The molecule has 0 radical (unpaired) electrons. The minimum absolute atomic E-state index is 0. The van der Waals surface area contributed by atoms with Crippen molar-refractivity contribution in [3.63, 3.8) is 0 Å². The molecule has 1 aromatic rings. The largest absolute Gasteiger partial charge is 0.469 e. The Morgan fingerprint density at radius 3 is 2.88 bits per heavy atom. The molecule has 2 N–H and O–H groups in total. The number of halogens is 1. The summed E-state index contributed by atoms with van der Waals surface area (Å²) in [6, 6.07) is 3.89. The molecule has 1 fully saturated rings. The minimum Gasteiger partial charge on any atom is -0.469 e. The summed E-state index contributed by atoms with van der Waals surface area (Å²) < 4.78 is 16.2. The van der Waals surface area contributed by atoms with Crippen molar-refractivity contribution >= 4 is 29.9 Å². The van der Waals surface area contributed by atoms with E-state index in [1.807, 2.05) is 26.0 Å². The molecule has 1 unspecified atom stereocenters. The van der Waals surface area contributed by atoms with Crippen LogP contribution in [0.1, 0.15) is 26.0 Å². The molecule has 24 heavy (non-hydrogen) atoms. The first-order valence-electron chi connectivity index (χ1n) is 8.26. The molecule has 0 aromatic carbocycles. The average molecular weight is 451 g/mol. The summed E-state index contributed by atoms with van der Waals surface area (Å²) in [7, 11) is 1.71. The Balaban J connectivity index is 0.00000288. The van der Waals surface area contributed by atoms with Crippen molar-refractivity contribution in [1.29, 1.82) is 0 Å². The van der Waals surface area contributed by atoms with E-state index in [-0.39, 0.29) is 29.6 Å². The molecule has 0 spiro atoms. The van der Waals surface area contributed by atoms with Crippen molar-refractivity contribution < 1.29 is 13.9 Å². The van der Waals surface area contributed by atoms with Gasteiger partial charge in [0, 0.05) is 39.1 Å². The van der Waals surface area contributed by atoms with Gasteiger partial charge in [-0.15, -0.1) is 24.0 Å². The zero-order valence-corrected chi connectivity index (χ0v) is 17.2. The Bertz CT molecular complexity index is 471. The van der Waals surface area contributed by atoms with Crippen molar-refractivity contribution in [3.8, 4) is 0 Å². The number of methoxy groups -OCH3 is 1. The van der Waals surface area contributed by atoms with E-state index in [4.69, 9.17) is 13.9 Å². The van der Waals surface area contributed by atoms with Gasteiger partial charge in [-0.3, -0.25) is 4.99 Å². The molecule has 0 aliphatic carbocycles. The van der Waals surface area contributed by atoms with E-state index in [2.05, 4.69) is 15.6 Å². The first-order chi connectivity index (χ1) is 11.1. The van der Waals surface area contributed by atoms with Gasteiger partial charge in [0.25, 0.3) is 0 Å². The van der Waals surface area contributed by atoms with Crippen molar-refractivity contribution in [2.75, 3.05) is 40.0 Å². The molecule has 1 aliphatic rings. The zero-order valence-electron chi connectivity index (χ0n) is 14.8. The van der Waals surface area contributed by atoms with E-state index in [0.717, 1.165) is 50.9 Å². The smallest absolute Gasteiger partial charge is 0.191 e. The monoisotopic (exact) mass is 451 g/mol. The van der Waals surface area contributed by atoms with E-state index in [9.17, 15) is 0 Å². The lowest BCUT2D eigenvalue weighted by Gasteiger charge is -2.22. The number of nitrogens with zero attached hydrogens (tertiary/aromatic N) is 1. The fourth-order valence-corrected chi connectivity index (χ4v) is 2.25. The average Bonchev–Trinajstić information content (AvgIpc) is 3.23. The Labute approximate surface area is 161 Å². The number of rotatable bonds is 8. The Morgan fingerprint density at radius 1 is 1.42 bits per heavy atom. The zero-order chi connectivity index (χ0) is 16.5. The number of guanidine groups is 1. The van der Waals surface area contributed by atoms with Crippen LogP contribution in [0.4, 0.5) is 0 Å². The van der Waals surface area contributed by atoms with Gasteiger partial charge in [-0.1, -0.05) is 0 Å². The summed E-state index contributed by atoms with van der Waals surface area (Å²) in [5, 5.41) is 6.77. The van der Waals surface area contributed by atoms with E-state index in [1.54, 1.807) is 13.4 Å². The second kappa shape index (κ2) is 10.9. The summed E-state index contributed by atoms with van der Waals surface area (Å²) in [5.41, 5.74) is -0.272. The molecule has 1 saturated heterocycles. The van der Waals surface area contributed by atoms with E-state index < -0.39 is 0 Å². The van der Waals surface area contributed by atoms with Gasteiger partial charge in [0.1, 0.15) is 5.76 Å². The lowest BCUT2D eigenvalue weighted by molar-refractivity contribution is 0.0310. The van der Waals surface area contributed by atoms with Crippen LogP contribution in [0.15, 0.2) is 27.8 Å². The number of aliphatic imine (C=N–C) groups is 1. The second-order valence-corrected chi connectivity index (χ2v) is 6.50. The predicted molar refractivity (Wildman–Crippen MR) is 106 cm³/mol. The highest BCUT2D eigenvalue weighted by molar-refractivity contribution is 14.0. The lowest BCUT2D eigenvalue weighted by Crippen LogP contribution is -2.42. The SMILES string of the molecule is COC(C)(C)CN=C(NCCc1ccco1)NCC1CCOC1.I. The van der Waals surface area contributed by atoms with Gasteiger partial charge in [-0.05, 0) is 32.4 Å². The van der Waals surface area contributed by atoms with Crippen LogP contribution in [0.2, 0.25) is 0 Å². The number of nitrogens with one attached hydrogen (secondary N) is 2. The van der Waals surface area contributed by atoms with Gasteiger partial charge in [0.05, 0.1) is 25.0 Å². The van der Waals surface area contributed by atoms with Crippen molar-refractivity contribution in [2.45, 2.75) is 32.3 Å². The van der Waals surface area contributed by atoms with Crippen molar-refractivity contribution in [2.24, 2.45) is 10.9 Å². The minimum atomic E-state index is -0.272. The van der Waals surface area contributed by atoms with Gasteiger partial charge in [-0.25, -0.2) is 0 Å². The molecule has 6 nitrogen and oxygen atoms in total. The van der Waals surface area contributed by atoms with E-state index in [1.165, 1.54) is 0 Å². The summed E-state index contributed by atoms with van der Waals surface area (Å²) in [6.45, 7) is 8.00. The predicted octanol–water partition coefficient (Wildman–Crippen LogP) is 2.44. The third-order valence-electron chi connectivity index (χ3n) is 4.00. The summed E-state index contributed by atoms with van der Waals surface area (Å²) in [6.07, 6.45) is 3.63. The first-order valence-corrected chi connectivity index (χ1v) is 8.26. The van der Waals surface area contributed by atoms with Crippen LogP contribution in [0.5, 0.6) is 0 Å². The van der Waals surface area contributed by atoms with Crippen molar-refractivity contribution in [1.82, 2.24) is 10.6 Å². The highest BCUT2D eigenvalue weighted by atomic mass is 127. The van der Waals surface area contributed by atoms with Crippen LogP contribution < -0.4 is 10.6 Å². The van der Waals surface area contributed by atoms with E-state index in [0.29, 0.717) is 12.5 Å². The molecule has 0 bridgehead atoms. The molecular weight excluding hydrogens is 421 g/mol. The fourth-order valence-electron chi connectivity index (χ4n) is 2.25. The molecule has 1 aliphatic heterocycles. The van der Waals surface area contributed by atoms with Crippen LogP contribution in [0, 0.1) is 5.92 Å². The molecule has 2 rings (SSSR count). The standard InChI is InChI=1S/C17H29N3O3.HI/c1-17(2,21-3)13-20-16(19-11-14-7-10-22-12-14)18-8-6-15-5-4-9-23-15;/h4-5,9,14H,6-8,10-13H2,1-3H3,(H2,18,19,20);1H. The number of hydrogen-bond acceptors (Lipinski definition) is 4. The highest BCUT2D eigenvalue weighted by Crippen LogP contribution is 2.11. The molecule has 0 amide bonds. The van der Waals surface area contributed by atoms with Gasteiger partial charge in [0.15, 0.2) is 5.96 Å². The van der Waals surface area contributed by atoms with Crippen LogP contribution in [0.3, 0.4) is 0 Å². The Hall–Kier alpha value is -0.800. The third-order valence-corrected chi connectivity index (χ3v) is 4.00. The van der Waals surface area contributed by atoms with E-state index >= 15 is 0 Å². The third kappa shape index (κ3) is 7.85. The van der Waals surface area contributed by atoms with Crippen LogP contribution in [-0.4, -0.2) is 51.5 Å². The quantitative estimate of drug-likeness (QED) is 0.361. The van der Waals surface area contributed by atoms with Gasteiger partial charge in [0.2, 0.25) is 0 Å². The highest BCUT2D eigenvalue weighted by Gasteiger charge is 2.18. The molecule has 7 heteroatoms. The fraction of sp³-hybridized carbons (Fsp3) is 0.706. The molecule has 1 aromatic heterocycles. The topological polar surface area (TPSA) is 68.0 Å². The lowest BCUT2D eigenvalue weighted by atomic mass is 10.1. The first kappa shape index (κ1) is 21.2. The number of ether oxygens (including phenoxy) is 2. The normalized spacial score (nSPS) is 18.3.